The van der Waals surface area contributed by atoms with Gasteiger partial charge in [0.25, 0.3) is 5.91 Å². The van der Waals surface area contributed by atoms with Gasteiger partial charge in [0.2, 0.25) is 0 Å². The van der Waals surface area contributed by atoms with Gasteiger partial charge in [-0.1, -0.05) is 0 Å². The van der Waals surface area contributed by atoms with Crippen LogP contribution in [0.2, 0.25) is 0 Å². The quantitative estimate of drug-likeness (QED) is 0.255. The SMILES string of the molecule is COc1cc(C(=O)N2[C@H]3CC4CC42[C@H](N)C3)cc2nc(-c3cc4ccc([C@@H](C)NC(=O)N5CC(C)(C(=O)O)C5)nc4n3CC3CC3)c(C)n12. The Labute approximate surface area is 283 Å². The zero-order chi connectivity index (χ0) is 34.1. The fourth-order valence-corrected chi connectivity index (χ4v) is 9.06. The summed E-state index contributed by atoms with van der Waals surface area (Å²) in [5.41, 5.74) is 10.8. The molecule has 3 saturated heterocycles. The van der Waals surface area contributed by atoms with Crippen molar-refractivity contribution in [1.82, 2.24) is 34.1 Å². The number of amides is 3. The third kappa shape index (κ3) is 4.36. The average molecular weight is 667 g/mol. The highest BCUT2D eigenvalue weighted by Gasteiger charge is 2.73. The number of aliphatic carboxylic acids is 1. The number of imidazole rings is 1. The molecule has 13 nitrogen and oxygen atoms in total. The van der Waals surface area contributed by atoms with Crippen LogP contribution in [0.4, 0.5) is 4.79 Å². The summed E-state index contributed by atoms with van der Waals surface area (Å²) in [5, 5.41) is 13.4. The van der Waals surface area contributed by atoms with Crippen LogP contribution in [-0.4, -0.2) is 89.6 Å². The lowest BCUT2D eigenvalue weighted by Gasteiger charge is -2.44. The van der Waals surface area contributed by atoms with Crippen LogP contribution in [0.3, 0.4) is 0 Å². The molecule has 5 atom stereocenters. The maximum atomic E-state index is 14.0. The van der Waals surface area contributed by atoms with Crippen molar-refractivity contribution in [1.29, 1.82) is 0 Å². The molecule has 5 fully saturated rings. The van der Waals surface area contributed by atoms with E-state index in [4.69, 9.17) is 20.4 Å². The standard InChI is InChI=1S/C36H42N8O5/c1-18(38-34(48)41-16-35(3,17-41)33(46)47)25-8-7-21-9-26(42(31(21)39-25)15-20-5-6-20)30-19(2)43-28(40-30)10-22(11-29(43)49-4)32(45)44-24-12-23-14-36(23,44)27(37)13-24/h7-11,18,20,23-24,27H,5-6,12-17,37H2,1-4H3,(H,38,48)(H,46,47)/t18-,23?,24+,27-,36?/m1/s1. The summed E-state index contributed by atoms with van der Waals surface area (Å²) < 4.78 is 10.1. The number of nitrogens with one attached hydrogen (secondary N) is 1. The molecule has 0 radical (unpaired) electrons. The lowest BCUT2D eigenvalue weighted by atomic mass is 9.82. The maximum Gasteiger partial charge on any atom is 0.317 e. The van der Waals surface area contributed by atoms with Crippen molar-refractivity contribution in [3.63, 3.8) is 0 Å². The van der Waals surface area contributed by atoms with Crippen LogP contribution in [0.15, 0.2) is 30.3 Å². The molecule has 9 rings (SSSR count). The second-order valence-corrected chi connectivity index (χ2v) is 15.5. The van der Waals surface area contributed by atoms with Crippen LogP contribution >= 0.6 is 0 Å². The van der Waals surface area contributed by atoms with E-state index in [0.29, 0.717) is 34.6 Å². The van der Waals surface area contributed by atoms with E-state index in [1.54, 1.807) is 14.0 Å². The van der Waals surface area contributed by atoms with E-state index < -0.39 is 11.4 Å². The predicted octanol–water partition coefficient (Wildman–Crippen LogP) is 3.96. The Morgan fingerprint density at radius 3 is 2.59 bits per heavy atom. The number of nitrogens with two attached hydrogens (primary N) is 1. The summed E-state index contributed by atoms with van der Waals surface area (Å²) in [6.45, 7) is 6.71. The van der Waals surface area contributed by atoms with Crippen LogP contribution in [0, 0.1) is 24.2 Å². The van der Waals surface area contributed by atoms with E-state index in [0.717, 1.165) is 66.8 Å². The highest BCUT2D eigenvalue weighted by Crippen LogP contribution is 2.65. The van der Waals surface area contributed by atoms with Gasteiger partial charge in [-0.15, -0.1) is 0 Å². The molecule has 3 aliphatic heterocycles. The number of ether oxygens (including phenoxy) is 1. The topological polar surface area (TPSA) is 160 Å². The van der Waals surface area contributed by atoms with Crippen LogP contribution in [0.25, 0.3) is 28.1 Å². The number of aryl methyl sites for hydroxylation is 1. The summed E-state index contributed by atoms with van der Waals surface area (Å²) in [6.07, 6.45) is 5.22. The molecule has 2 saturated carbocycles. The van der Waals surface area contributed by atoms with Gasteiger partial charge >= 0.3 is 12.0 Å². The number of carboxylic acid groups (broad SMARTS) is 1. The summed E-state index contributed by atoms with van der Waals surface area (Å²) in [4.78, 5) is 52.2. The van der Waals surface area contributed by atoms with E-state index in [2.05, 4.69) is 20.9 Å². The van der Waals surface area contributed by atoms with E-state index in [-0.39, 0.29) is 48.7 Å². The first-order chi connectivity index (χ1) is 23.4. The number of fused-ring (bicyclic) bond motifs is 3. The van der Waals surface area contributed by atoms with Gasteiger partial charge in [-0.3, -0.25) is 14.0 Å². The van der Waals surface area contributed by atoms with E-state index in [1.807, 2.05) is 42.5 Å². The fraction of sp³-hybridized carbons (Fsp3) is 0.528. The summed E-state index contributed by atoms with van der Waals surface area (Å²) in [7, 11) is 1.62. The van der Waals surface area contributed by atoms with Crippen molar-refractivity contribution in [2.24, 2.45) is 23.0 Å². The molecule has 2 bridgehead atoms. The molecule has 5 aliphatic rings. The number of hydrogen-bond acceptors (Lipinski definition) is 7. The van der Waals surface area contributed by atoms with Crippen LogP contribution in [-0.2, 0) is 11.3 Å². The Morgan fingerprint density at radius 2 is 1.92 bits per heavy atom. The van der Waals surface area contributed by atoms with E-state index in [1.165, 1.54) is 4.90 Å². The zero-order valence-corrected chi connectivity index (χ0v) is 28.3. The Morgan fingerprint density at radius 1 is 1.14 bits per heavy atom. The Kier molecular flexibility index (Phi) is 6.32. The number of methoxy groups -OCH3 is 1. The Bertz CT molecular complexity index is 2090. The molecule has 256 valence electrons. The number of piperidine rings is 1. The molecule has 7 heterocycles. The van der Waals surface area contributed by atoms with Crippen molar-refractivity contribution in [3.8, 4) is 17.3 Å². The second-order valence-electron chi connectivity index (χ2n) is 15.5. The smallest absolute Gasteiger partial charge is 0.317 e. The second kappa shape index (κ2) is 10.2. The number of rotatable bonds is 8. The molecule has 1 spiro atoms. The number of likely N-dealkylation sites (tertiary alicyclic amines) is 1. The normalized spacial score (nSPS) is 26.9. The van der Waals surface area contributed by atoms with Gasteiger partial charge in [-0.25, -0.2) is 14.8 Å². The molecule has 2 aliphatic carbocycles. The largest absolute Gasteiger partial charge is 0.482 e. The maximum absolute atomic E-state index is 14.0. The van der Waals surface area contributed by atoms with Crippen molar-refractivity contribution >= 4 is 34.6 Å². The van der Waals surface area contributed by atoms with E-state index in [9.17, 15) is 19.5 Å². The van der Waals surface area contributed by atoms with Gasteiger partial charge < -0.3 is 35.3 Å². The molecule has 0 aromatic carbocycles. The van der Waals surface area contributed by atoms with Crippen molar-refractivity contribution in [3.05, 3.63) is 47.3 Å². The molecular weight excluding hydrogens is 624 g/mol. The molecule has 3 amide bonds. The number of carbonyl (C=O) groups is 3. The number of carboxylic acids is 1. The first-order valence-electron chi connectivity index (χ1n) is 17.4. The highest BCUT2D eigenvalue weighted by atomic mass is 16.5. The predicted molar refractivity (Wildman–Crippen MR) is 180 cm³/mol. The number of carbonyl (C=O) groups excluding carboxylic acids is 2. The zero-order valence-electron chi connectivity index (χ0n) is 28.3. The first kappa shape index (κ1) is 30.4. The third-order valence-corrected chi connectivity index (χ3v) is 12.1. The van der Waals surface area contributed by atoms with Gasteiger partial charge in [-0.05, 0) is 89.0 Å². The summed E-state index contributed by atoms with van der Waals surface area (Å²) in [6, 6.07) is 9.35. The van der Waals surface area contributed by atoms with Crippen molar-refractivity contribution < 1.29 is 24.2 Å². The molecule has 4 aromatic rings. The number of hydrogen-bond donors (Lipinski definition) is 3. The minimum Gasteiger partial charge on any atom is -0.482 e. The van der Waals surface area contributed by atoms with Crippen molar-refractivity contribution in [2.45, 2.75) is 83.1 Å². The van der Waals surface area contributed by atoms with Crippen LogP contribution in [0.1, 0.15) is 73.7 Å². The minimum atomic E-state index is -0.906. The van der Waals surface area contributed by atoms with Gasteiger partial charge in [0.05, 0.1) is 35.8 Å². The molecule has 4 aromatic heterocycles. The molecule has 13 heteroatoms. The third-order valence-electron chi connectivity index (χ3n) is 12.1. The summed E-state index contributed by atoms with van der Waals surface area (Å²) >= 11 is 0. The fourth-order valence-electron chi connectivity index (χ4n) is 9.06. The Balaban J connectivity index is 1.05. The van der Waals surface area contributed by atoms with Gasteiger partial charge in [-0.2, -0.15) is 0 Å². The minimum absolute atomic E-state index is 0.00625. The molecule has 4 N–H and O–H groups in total. The molecule has 2 unspecified atom stereocenters. The van der Waals surface area contributed by atoms with Crippen LogP contribution in [0.5, 0.6) is 5.88 Å². The number of pyridine rings is 2. The lowest BCUT2D eigenvalue weighted by molar-refractivity contribution is -0.155. The van der Waals surface area contributed by atoms with Crippen LogP contribution < -0.4 is 15.8 Å². The van der Waals surface area contributed by atoms with E-state index >= 15 is 0 Å². The monoisotopic (exact) mass is 666 g/mol. The molecular formula is C36H42N8O5. The van der Waals surface area contributed by atoms with Gasteiger partial charge in [0.15, 0.2) is 5.88 Å². The number of urea groups is 1. The lowest BCUT2D eigenvalue weighted by Crippen LogP contribution is -2.62. The Hall–Kier alpha value is -4.65. The first-order valence-corrected chi connectivity index (χ1v) is 17.4. The van der Waals surface area contributed by atoms with Gasteiger partial charge in [0.1, 0.15) is 22.4 Å². The van der Waals surface area contributed by atoms with Crippen molar-refractivity contribution in [2.75, 3.05) is 20.2 Å². The highest BCUT2D eigenvalue weighted by molar-refractivity contribution is 5.97. The number of aromatic nitrogens is 4. The number of nitrogens with zero attached hydrogens (tertiary/aromatic N) is 6. The average Bonchev–Trinajstić information content (AvgIpc) is 3.90. The van der Waals surface area contributed by atoms with Gasteiger partial charge in [0, 0.05) is 48.7 Å². The molecule has 49 heavy (non-hydrogen) atoms. The summed E-state index contributed by atoms with van der Waals surface area (Å²) in [5.74, 6) is 0.738.